The smallest absolute Gasteiger partial charge is 0.191 e. The number of hydrazone groups is 1. The van der Waals surface area contributed by atoms with E-state index < -0.39 is 5.60 Å². The average Bonchev–Trinajstić information content (AvgIpc) is 2.60. The van der Waals surface area contributed by atoms with E-state index in [1.54, 1.807) is 25.3 Å². The van der Waals surface area contributed by atoms with E-state index in [9.17, 15) is 4.39 Å². The number of anilines is 1. The van der Waals surface area contributed by atoms with Crippen LogP contribution in [0.4, 0.5) is 10.1 Å². The first-order chi connectivity index (χ1) is 12.4. The largest absolute Gasteiger partial charge is 0.497 e. The van der Waals surface area contributed by atoms with Gasteiger partial charge in [0.2, 0.25) is 0 Å². The van der Waals surface area contributed by atoms with Gasteiger partial charge in [0, 0.05) is 12.0 Å². The molecule has 3 rings (SSSR count). The van der Waals surface area contributed by atoms with Crippen molar-refractivity contribution >= 4 is 28.7 Å². The summed E-state index contributed by atoms with van der Waals surface area (Å²) in [4.78, 5) is 0. The number of hydrogen-bond donors (Lipinski definition) is 2. The molecule has 0 saturated carbocycles. The zero-order chi connectivity index (χ0) is 18.7. The number of rotatable bonds is 3. The van der Waals surface area contributed by atoms with Crippen molar-refractivity contribution in [1.29, 1.82) is 0 Å². The summed E-state index contributed by atoms with van der Waals surface area (Å²) in [5.74, 6) is 1.06. The van der Waals surface area contributed by atoms with Crippen molar-refractivity contribution in [3.63, 3.8) is 0 Å². The third kappa shape index (κ3) is 4.11. The van der Waals surface area contributed by atoms with Gasteiger partial charge in [0.25, 0.3) is 0 Å². The summed E-state index contributed by atoms with van der Waals surface area (Å²) in [6.45, 7) is 3.98. The predicted octanol–water partition coefficient (Wildman–Crippen LogP) is 4.09. The zero-order valence-corrected chi connectivity index (χ0v) is 15.6. The third-order valence-corrected chi connectivity index (χ3v) is 4.08. The van der Waals surface area contributed by atoms with Crippen LogP contribution in [0, 0.1) is 5.82 Å². The lowest BCUT2D eigenvalue weighted by Gasteiger charge is -2.33. The second-order valence-electron chi connectivity index (χ2n) is 6.50. The molecule has 0 bridgehead atoms. The van der Waals surface area contributed by atoms with Gasteiger partial charge in [-0.3, -0.25) is 5.43 Å². The van der Waals surface area contributed by atoms with Crippen LogP contribution >= 0.6 is 12.2 Å². The number of hydrogen-bond acceptors (Lipinski definition) is 4. The van der Waals surface area contributed by atoms with Gasteiger partial charge in [-0.2, -0.15) is 5.10 Å². The molecule has 7 heteroatoms. The maximum atomic E-state index is 13.7. The minimum atomic E-state index is -0.400. The SMILES string of the molecule is COc1ccc2c(c1)/C(=N\NC(=S)Nc1ccccc1F)CC(C)(C)O2. The summed E-state index contributed by atoms with van der Waals surface area (Å²) < 4.78 is 25.0. The molecule has 26 heavy (non-hydrogen) atoms. The highest BCUT2D eigenvalue weighted by molar-refractivity contribution is 7.80. The highest BCUT2D eigenvalue weighted by Gasteiger charge is 2.31. The minimum absolute atomic E-state index is 0.205. The lowest BCUT2D eigenvalue weighted by Crippen LogP contribution is -2.37. The van der Waals surface area contributed by atoms with Crippen molar-refractivity contribution in [3.05, 3.63) is 53.8 Å². The van der Waals surface area contributed by atoms with Gasteiger partial charge in [-0.05, 0) is 56.4 Å². The van der Waals surface area contributed by atoms with Crippen LogP contribution in [0.3, 0.4) is 0 Å². The van der Waals surface area contributed by atoms with Gasteiger partial charge < -0.3 is 14.8 Å². The lowest BCUT2D eigenvalue weighted by molar-refractivity contribution is 0.111. The molecule has 0 aromatic heterocycles. The molecule has 0 unspecified atom stereocenters. The first-order valence-electron chi connectivity index (χ1n) is 8.13. The van der Waals surface area contributed by atoms with Crippen LogP contribution in [0.2, 0.25) is 0 Å². The second-order valence-corrected chi connectivity index (χ2v) is 6.91. The van der Waals surface area contributed by atoms with E-state index in [0.717, 1.165) is 17.0 Å². The van der Waals surface area contributed by atoms with Gasteiger partial charge in [0.05, 0.1) is 18.5 Å². The molecule has 2 aromatic rings. The van der Waals surface area contributed by atoms with Crippen LogP contribution in [0.5, 0.6) is 11.5 Å². The molecule has 1 aliphatic rings. The summed E-state index contributed by atoms with van der Waals surface area (Å²) in [7, 11) is 1.61. The Hall–Kier alpha value is -2.67. The number of ether oxygens (including phenoxy) is 2. The highest BCUT2D eigenvalue weighted by atomic mass is 32.1. The topological polar surface area (TPSA) is 54.9 Å². The van der Waals surface area contributed by atoms with Crippen molar-refractivity contribution in [1.82, 2.24) is 5.43 Å². The molecular formula is C19H20FN3O2S. The fraction of sp³-hybridized carbons (Fsp3) is 0.263. The number of nitrogens with zero attached hydrogens (tertiary/aromatic N) is 1. The zero-order valence-electron chi connectivity index (χ0n) is 14.8. The first-order valence-corrected chi connectivity index (χ1v) is 8.54. The lowest BCUT2D eigenvalue weighted by atomic mass is 9.92. The Kier molecular flexibility index (Phi) is 5.08. The number of fused-ring (bicyclic) bond motifs is 1. The summed E-state index contributed by atoms with van der Waals surface area (Å²) in [6.07, 6.45) is 0.586. The van der Waals surface area contributed by atoms with Crippen LogP contribution < -0.4 is 20.2 Å². The van der Waals surface area contributed by atoms with E-state index in [0.29, 0.717) is 17.9 Å². The van der Waals surface area contributed by atoms with Crippen LogP contribution in [0.25, 0.3) is 0 Å². The molecule has 0 fully saturated rings. The Morgan fingerprint density at radius 3 is 2.77 bits per heavy atom. The summed E-state index contributed by atoms with van der Waals surface area (Å²) in [5, 5.41) is 7.43. The maximum absolute atomic E-state index is 13.7. The third-order valence-electron chi connectivity index (χ3n) is 3.89. The Bertz CT molecular complexity index is 868. The van der Waals surface area contributed by atoms with Crippen LogP contribution in [-0.2, 0) is 0 Å². The first kappa shape index (κ1) is 18.1. The minimum Gasteiger partial charge on any atom is -0.497 e. The molecule has 1 heterocycles. The molecule has 136 valence electrons. The maximum Gasteiger partial charge on any atom is 0.191 e. The van der Waals surface area contributed by atoms with E-state index in [-0.39, 0.29) is 10.9 Å². The highest BCUT2D eigenvalue weighted by Crippen LogP contribution is 2.35. The molecule has 0 radical (unpaired) electrons. The van der Waals surface area contributed by atoms with Crippen molar-refractivity contribution in [2.24, 2.45) is 5.10 Å². The monoisotopic (exact) mass is 373 g/mol. The van der Waals surface area contributed by atoms with Gasteiger partial charge in [0.1, 0.15) is 22.9 Å². The van der Waals surface area contributed by atoms with E-state index in [4.69, 9.17) is 21.7 Å². The molecule has 0 spiro atoms. The summed E-state index contributed by atoms with van der Waals surface area (Å²) in [5.41, 5.74) is 4.30. The molecule has 1 aliphatic heterocycles. The van der Waals surface area contributed by atoms with E-state index in [1.807, 2.05) is 32.0 Å². The molecule has 5 nitrogen and oxygen atoms in total. The fourth-order valence-corrected chi connectivity index (χ4v) is 2.87. The van der Waals surface area contributed by atoms with E-state index in [2.05, 4.69) is 15.8 Å². The van der Waals surface area contributed by atoms with Crippen molar-refractivity contribution in [2.75, 3.05) is 12.4 Å². The fourth-order valence-electron chi connectivity index (χ4n) is 2.71. The number of methoxy groups -OCH3 is 1. The van der Waals surface area contributed by atoms with Gasteiger partial charge in [-0.1, -0.05) is 12.1 Å². The molecular weight excluding hydrogens is 353 g/mol. The second kappa shape index (κ2) is 7.29. The van der Waals surface area contributed by atoms with E-state index >= 15 is 0 Å². The normalized spacial score (nSPS) is 16.4. The quantitative estimate of drug-likeness (QED) is 0.627. The van der Waals surface area contributed by atoms with E-state index in [1.165, 1.54) is 6.07 Å². The average molecular weight is 373 g/mol. The van der Waals surface area contributed by atoms with Crippen molar-refractivity contribution in [3.8, 4) is 11.5 Å². The molecule has 2 aromatic carbocycles. The Labute approximate surface area is 157 Å². The van der Waals surface area contributed by atoms with Crippen LogP contribution in [0.15, 0.2) is 47.6 Å². The number of para-hydroxylation sites is 1. The summed E-state index contributed by atoms with van der Waals surface area (Å²) >= 11 is 5.22. The number of nitrogens with one attached hydrogen (secondary N) is 2. The Balaban J connectivity index is 1.81. The Morgan fingerprint density at radius 1 is 1.27 bits per heavy atom. The summed E-state index contributed by atoms with van der Waals surface area (Å²) in [6, 6.07) is 11.9. The molecule has 0 aliphatic carbocycles. The number of benzene rings is 2. The molecule has 0 atom stereocenters. The molecule has 0 amide bonds. The number of thiocarbonyl (C=S) groups is 1. The van der Waals surface area contributed by atoms with Gasteiger partial charge in [0.15, 0.2) is 5.11 Å². The standard InChI is InChI=1S/C19H20FN3O2S/c1-19(2)11-16(13-10-12(24-3)8-9-17(13)25-19)22-23-18(26)21-15-7-5-4-6-14(15)20/h4-10H,11H2,1-3H3,(H2,21,23,26)/b22-16-. The molecule has 2 N–H and O–H groups in total. The van der Waals surface area contributed by atoms with Crippen LogP contribution in [-0.4, -0.2) is 23.5 Å². The van der Waals surface area contributed by atoms with Gasteiger partial charge in [-0.15, -0.1) is 0 Å². The number of halogens is 1. The predicted molar refractivity (Wildman–Crippen MR) is 105 cm³/mol. The van der Waals surface area contributed by atoms with Crippen molar-refractivity contribution < 1.29 is 13.9 Å². The Morgan fingerprint density at radius 2 is 2.04 bits per heavy atom. The van der Waals surface area contributed by atoms with Crippen LogP contribution in [0.1, 0.15) is 25.8 Å². The molecule has 0 saturated heterocycles. The van der Waals surface area contributed by atoms with Crippen molar-refractivity contribution in [2.45, 2.75) is 25.9 Å². The van der Waals surface area contributed by atoms with Gasteiger partial charge in [-0.25, -0.2) is 4.39 Å². The van der Waals surface area contributed by atoms with Gasteiger partial charge >= 0.3 is 0 Å².